The number of halogens is 1. The third-order valence-electron chi connectivity index (χ3n) is 2.80. The highest BCUT2D eigenvalue weighted by Crippen LogP contribution is 2.40. The van der Waals surface area contributed by atoms with Gasteiger partial charge in [-0.15, -0.1) is 0 Å². The SMILES string of the molecule is CC(C)(C(=O)O)C(C)(O)c1ccc(Br)o1. The van der Waals surface area contributed by atoms with Crippen molar-refractivity contribution in [2.24, 2.45) is 5.41 Å². The minimum Gasteiger partial charge on any atom is -0.481 e. The molecule has 1 heterocycles. The van der Waals surface area contributed by atoms with E-state index in [1.54, 1.807) is 12.1 Å². The maximum Gasteiger partial charge on any atom is 0.312 e. The molecule has 15 heavy (non-hydrogen) atoms. The average Bonchev–Trinajstić information content (AvgIpc) is 2.51. The summed E-state index contributed by atoms with van der Waals surface area (Å²) in [5, 5.41) is 19.2. The van der Waals surface area contributed by atoms with Crippen LogP contribution in [0.4, 0.5) is 0 Å². The lowest BCUT2D eigenvalue weighted by molar-refractivity contribution is -0.166. The van der Waals surface area contributed by atoms with Gasteiger partial charge < -0.3 is 14.6 Å². The average molecular weight is 277 g/mol. The third-order valence-corrected chi connectivity index (χ3v) is 3.23. The Bertz CT molecular complexity index is 379. The van der Waals surface area contributed by atoms with E-state index in [1.165, 1.54) is 20.8 Å². The summed E-state index contributed by atoms with van der Waals surface area (Å²) in [6.45, 7) is 4.32. The third kappa shape index (κ3) is 1.94. The van der Waals surface area contributed by atoms with Crippen LogP contribution in [0.5, 0.6) is 0 Å². The number of aliphatic hydroxyl groups is 1. The van der Waals surface area contributed by atoms with Crippen LogP contribution >= 0.6 is 15.9 Å². The van der Waals surface area contributed by atoms with Crippen molar-refractivity contribution >= 4 is 21.9 Å². The van der Waals surface area contributed by atoms with Gasteiger partial charge in [0.25, 0.3) is 0 Å². The predicted molar refractivity (Wildman–Crippen MR) is 57.4 cm³/mol. The fourth-order valence-electron chi connectivity index (χ4n) is 1.09. The number of hydrogen-bond donors (Lipinski definition) is 2. The van der Waals surface area contributed by atoms with E-state index in [0.717, 1.165) is 0 Å². The van der Waals surface area contributed by atoms with Gasteiger partial charge in [-0.05, 0) is 48.8 Å². The molecular formula is C10H13BrO4. The van der Waals surface area contributed by atoms with E-state index in [2.05, 4.69) is 15.9 Å². The van der Waals surface area contributed by atoms with Gasteiger partial charge in [0.2, 0.25) is 0 Å². The molecule has 1 aromatic rings. The molecule has 0 bridgehead atoms. The van der Waals surface area contributed by atoms with Crippen molar-refractivity contribution in [1.82, 2.24) is 0 Å². The Morgan fingerprint density at radius 2 is 1.93 bits per heavy atom. The van der Waals surface area contributed by atoms with Gasteiger partial charge in [-0.3, -0.25) is 4.79 Å². The number of furan rings is 1. The van der Waals surface area contributed by atoms with Gasteiger partial charge in [-0.1, -0.05) is 0 Å². The highest BCUT2D eigenvalue weighted by molar-refractivity contribution is 9.10. The lowest BCUT2D eigenvalue weighted by Crippen LogP contribution is -2.44. The number of hydrogen-bond acceptors (Lipinski definition) is 3. The summed E-state index contributed by atoms with van der Waals surface area (Å²) in [6, 6.07) is 3.16. The molecule has 0 aliphatic heterocycles. The lowest BCUT2D eigenvalue weighted by atomic mass is 9.74. The molecule has 0 saturated carbocycles. The first-order valence-corrected chi connectivity index (χ1v) is 5.20. The second kappa shape index (κ2) is 3.64. The summed E-state index contributed by atoms with van der Waals surface area (Å²) in [7, 11) is 0. The maximum atomic E-state index is 11.0. The van der Waals surface area contributed by atoms with E-state index < -0.39 is 17.0 Å². The van der Waals surface area contributed by atoms with E-state index >= 15 is 0 Å². The van der Waals surface area contributed by atoms with Crippen molar-refractivity contribution < 1.29 is 19.4 Å². The Balaban J connectivity index is 3.17. The van der Waals surface area contributed by atoms with E-state index in [4.69, 9.17) is 9.52 Å². The molecule has 1 rings (SSSR count). The number of rotatable bonds is 3. The minimum absolute atomic E-state index is 0.224. The molecule has 2 N–H and O–H groups in total. The van der Waals surface area contributed by atoms with Gasteiger partial charge in [-0.2, -0.15) is 0 Å². The topological polar surface area (TPSA) is 70.7 Å². The smallest absolute Gasteiger partial charge is 0.312 e. The van der Waals surface area contributed by atoms with E-state index in [0.29, 0.717) is 4.67 Å². The molecule has 84 valence electrons. The number of aliphatic carboxylic acids is 1. The maximum absolute atomic E-state index is 11.0. The van der Waals surface area contributed by atoms with Crippen molar-refractivity contribution in [2.45, 2.75) is 26.4 Å². The van der Waals surface area contributed by atoms with Crippen LogP contribution in [0.1, 0.15) is 26.5 Å². The first-order valence-electron chi connectivity index (χ1n) is 4.41. The van der Waals surface area contributed by atoms with Crippen LogP contribution in [-0.2, 0) is 10.4 Å². The lowest BCUT2D eigenvalue weighted by Gasteiger charge is -2.34. The fourth-order valence-corrected chi connectivity index (χ4v) is 1.40. The van der Waals surface area contributed by atoms with E-state index in [1.807, 2.05) is 0 Å². The van der Waals surface area contributed by atoms with Crippen LogP contribution in [-0.4, -0.2) is 16.2 Å². The van der Waals surface area contributed by atoms with Crippen LogP contribution in [0, 0.1) is 5.41 Å². The fraction of sp³-hybridized carbons (Fsp3) is 0.500. The Labute approximate surface area is 96.0 Å². The molecule has 5 heteroatoms. The van der Waals surface area contributed by atoms with Crippen molar-refractivity contribution in [3.63, 3.8) is 0 Å². The number of carboxylic acids is 1. The van der Waals surface area contributed by atoms with Crippen molar-refractivity contribution in [3.8, 4) is 0 Å². The van der Waals surface area contributed by atoms with Gasteiger partial charge in [0.1, 0.15) is 11.4 Å². The highest BCUT2D eigenvalue weighted by atomic mass is 79.9. The zero-order valence-corrected chi connectivity index (χ0v) is 10.3. The minimum atomic E-state index is -1.56. The summed E-state index contributed by atoms with van der Waals surface area (Å²) in [5.74, 6) is -0.859. The molecule has 1 atom stereocenters. The van der Waals surface area contributed by atoms with E-state index in [-0.39, 0.29) is 5.76 Å². The Morgan fingerprint density at radius 3 is 2.27 bits per heavy atom. The molecule has 4 nitrogen and oxygen atoms in total. The van der Waals surface area contributed by atoms with Crippen molar-refractivity contribution in [2.75, 3.05) is 0 Å². The Morgan fingerprint density at radius 1 is 1.40 bits per heavy atom. The monoisotopic (exact) mass is 276 g/mol. The zero-order valence-electron chi connectivity index (χ0n) is 8.74. The molecule has 0 aliphatic rings. The summed E-state index contributed by atoms with van der Waals surface area (Å²) < 4.78 is 5.65. The molecule has 0 spiro atoms. The first kappa shape index (κ1) is 12.3. The number of carbonyl (C=O) groups is 1. The largest absolute Gasteiger partial charge is 0.481 e. The first-order chi connectivity index (χ1) is 6.69. The molecule has 1 unspecified atom stereocenters. The van der Waals surface area contributed by atoms with Gasteiger partial charge in [0, 0.05) is 0 Å². The summed E-state index contributed by atoms with van der Waals surface area (Å²) in [5.41, 5.74) is -2.89. The molecule has 0 radical (unpaired) electrons. The molecule has 0 amide bonds. The van der Waals surface area contributed by atoms with Crippen LogP contribution in [0.25, 0.3) is 0 Å². The van der Waals surface area contributed by atoms with Crippen LogP contribution in [0.2, 0.25) is 0 Å². The van der Waals surface area contributed by atoms with Crippen molar-refractivity contribution in [3.05, 3.63) is 22.6 Å². The second-order valence-corrected chi connectivity index (χ2v) is 4.89. The zero-order chi connectivity index (χ0) is 11.9. The predicted octanol–water partition coefficient (Wildman–Crippen LogP) is 2.36. The van der Waals surface area contributed by atoms with Gasteiger partial charge in [0.15, 0.2) is 4.67 Å². The molecule has 1 aromatic heterocycles. The van der Waals surface area contributed by atoms with E-state index in [9.17, 15) is 9.90 Å². The Hall–Kier alpha value is -0.810. The second-order valence-electron chi connectivity index (χ2n) is 4.11. The quantitative estimate of drug-likeness (QED) is 0.889. The van der Waals surface area contributed by atoms with Crippen LogP contribution in [0.15, 0.2) is 21.2 Å². The molecule has 0 saturated heterocycles. The molecule has 0 aromatic carbocycles. The van der Waals surface area contributed by atoms with Gasteiger partial charge in [-0.25, -0.2) is 0 Å². The van der Waals surface area contributed by atoms with Crippen LogP contribution in [0.3, 0.4) is 0 Å². The standard InChI is InChI=1S/C10H13BrO4/c1-9(2,8(12)13)10(3,14)6-4-5-7(11)15-6/h4-5,14H,1-3H3,(H,12,13). The summed E-state index contributed by atoms with van der Waals surface area (Å²) in [4.78, 5) is 11.0. The number of carboxylic acid groups (broad SMARTS) is 1. The van der Waals surface area contributed by atoms with Gasteiger partial charge >= 0.3 is 5.97 Å². The normalized spacial score (nSPS) is 16.1. The highest BCUT2D eigenvalue weighted by Gasteiger charge is 2.48. The van der Waals surface area contributed by atoms with Crippen molar-refractivity contribution in [1.29, 1.82) is 0 Å². The van der Waals surface area contributed by atoms with Crippen LogP contribution < -0.4 is 0 Å². The molecular weight excluding hydrogens is 264 g/mol. The molecule has 0 aliphatic carbocycles. The summed E-state index contributed by atoms with van der Waals surface area (Å²) in [6.07, 6.45) is 0. The molecule has 0 fully saturated rings. The summed E-state index contributed by atoms with van der Waals surface area (Å²) >= 11 is 3.10. The Kier molecular flexibility index (Phi) is 2.98. The van der Waals surface area contributed by atoms with Gasteiger partial charge in [0.05, 0.1) is 5.41 Å².